The third-order valence-electron chi connectivity index (χ3n) is 1.90. The van der Waals surface area contributed by atoms with Gasteiger partial charge in [0.25, 0.3) is 10.2 Å². The Morgan fingerprint density at radius 3 is 2.37 bits per heavy atom. The minimum atomic E-state index is -4.00. The molecule has 3 N–H and O–H groups in total. The number of hydrogen-bond acceptors (Lipinski definition) is 3. The number of nitrogens with one attached hydrogen (secondary N) is 2. The smallest absolute Gasteiger partial charge is 0.337 e. The molecule has 0 aliphatic carbocycles. The summed E-state index contributed by atoms with van der Waals surface area (Å²) < 4.78 is 40.9. The molecule has 1 aromatic carbocycles. The van der Waals surface area contributed by atoms with Crippen LogP contribution in [0.4, 0.5) is 10.1 Å². The zero-order valence-electron chi connectivity index (χ0n) is 10.7. The predicted octanol–water partition coefficient (Wildman–Crippen LogP) is 1.57. The quantitative estimate of drug-likeness (QED) is 0.784. The van der Waals surface area contributed by atoms with Crippen molar-refractivity contribution in [2.45, 2.75) is 26.3 Å². The fourth-order valence-electron chi connectivity index (χ4n) is 1.36. The molecular formula is C11H15FN2O4S. The summed E-state index contributed by atoms with van der Waals surface area (Å²) in [6, 6.07) is 2.75. The SMILES string of the molecule is CC(C)(C)NS(=O)(=O)Nc1cc(F)ccc1C(=O)O. The van der Waals surface area contributed by atoms with E-state index in [1.165, 1.54) is 0 Å². The third kappa shape index (κ3) is 4.84. The summed E-state index contributed by atoms with van der Waals surface area (Å²) >= 11 is 0. The van der Waals surface area contributed by atoms with E-state index < -0.39 is 27.5 Å². The number of carbonyl (C=O) groups is 1. The van der Waals surface area contributed by atoms with E-state index in [0.29, 0.717) is 0 Å². The van der Waals surface area contributed by atoms with Gasteiger partial charge in [0.1, 0.15) is 5.82 Å². The summed E-state index contributed by atoms with van der Waals surface area (Å²) in [6.45, 7) is 4.86. The van der Waals surface area contributed by atoms with Gasteiger partial charge < -0.3 is 5.11 Å². The number of carboxylic acids is 1. The van der Waals surface area contributed by atoms with E-state index in [0.717, 1.165) is 18.2 Å². The molecule has 0 aliphatic rings. The van der Waals surface area contributed by atoms with Gasteiger partial charge in [-0.25, -0.2) is 9.18 Å². The van der Waals surface area contributed by atoms with Crippen molar-refractivity contribution in [3.63, 3.8) is 0 Å². The van der Waals surface area contributed by atoms with Gasteiger partial charge in [-0.1, -0.05) is 0 Å². The summed E-state index contributed by atoms with van der Waals surface area (Å²) in [5.74, 6) is -2.09. The van der Waals surface area contributed by atoms with E-state index in [1.54, 1.807) is 20.8 Å². The van der Waals surface area contributed by atoms with Crippen molar-refractivity contribution in [3.05, 3.63) is 29.6 Å². The first-order chi connectivity index (χ1) is 8.50. The lowest BCUT2D eigenvalue weighted by Gasteiger charge is -2.21. The van der Waals surface area contributed by atoms with Crippen LogP contribution in [0.2, 0.25) is 0 Å². The molecule has 0 amide bonds. The zero-order valence-corrected chi connectivity index (χ0v) is 11.5. The maximum Gasteiger partial charge on any atom is 0.337 e. The molecule has 0 unspecified atom stereocenters. The Labute approximate surface area is 110 Å². The molecule has 0 bridgehead atoms. The summed E-state index contributed by atoms with van der Waals surface area (Å²) in [4.78, 5) is 10.9. The molecule has 0 radical (unpaired) electrons. The highest BCUT2D eigenvalue weighted by Gasteiger charge is 2.22. The second-order valence-corrected chi connectivity index (χ2v) is 6.37. The van der Waals surface area contributed by atoms with E-state index in [1.807, 2.05) is 4.72 Å². The lowest BCUT2D eigenvalue weighted by molar-refractivity contribution is 0.0698. The molecular weight excluding hydrogens is 275 g/mol. The molecule has 0 saturated heterocycles. The van der Waals surface area contributed by atoms with Crippen LogP contribution in [0.15, 0.2) is 18.2 Å². The molecule has 0 heterocycles. The van der Waals surface area contributed by atoms with Crippen molar-refractivity contribution in [3.8, 4) is 0 Å². The molecule has 6 nitrogen and oxygen atoms in total. The minimum Gasteiger partial charge on any atom is -0.478 e. The number of halogens is 1. The van der Waals surface area contributed by atoms with Crippen LogP contribution in [-0.2, 0) is 10.2 Å². The Kier molecular flexibility index (Phi) is 4.16. The fourth-order valence-corrected chi connectivity index (χ4v) is 2.68. The highest BCUT2D eigenvalue weighted by molar-refractivity contribution is 7.90. The van der Waals surface area contributed by atoms with Crippen LogP contribution < -0.4 is 9.44 Å². The average Bonchev–Trinajstić information content (AvgIpc) is 2.11. The molecule has 106 valence electrons. The Hall–Kier alpha value is -1.67. The molecule has 0 atom stereocenters. The number of rotatable bonds is 4. The molecule has 0 aliphatic heterocycles. The predicted molar refractivity (Wildman–Crippen MR) is 68.8 cm³/mol. The summed E-state index contributed by atoms with van der Waals surface area (Å²) in [7, 11) is -4.00. The first kappa shape index (κ1) is 15.4. The van der Waals surface area contributed by atoms with E-state index in [2.05, 4.69) is 4.72 Å². The van der Waals surface area contributed by atoms with Crippen LogP contribution in [0.3, 0.4) is 0 Å². The van der Waals surface area contributed by atoms with E-state index >= 15 is 0 Å². The normalized spacial score (nSPS) is 12.2. The van der Waals surface area contributed by atoms with E-state index in [9.17, 15) is 17.6 Å². The highest BCUT2D eigenvalue weighted by Crippen LogP contribution is 2.19. The van der Waals surface area contributed by atoms with Crippen LogP contribution in [-0.4, -0.2) is 25.0 Å². The minimum absolute atomic E-state index is 0.329. The largest absolute Gasteiger partial charge is 0.478 e. The molecule has 1 aromatic rings. The van der Waals surface area contributed by atoms with Gasteiger partial charge in [-0.3, -0.25) is 4.72 Å². The highest BCUT2D eigenvalue weighted by atomic mass is 32.2. The first-order valence-electron chi connectivity index (χ1n) is 5.35. The van der Waals surface area contributed by atoms with Gasteiger partial charge in [-0.15, -0.1) is 0 Å². The van der Waals surface area contributed by atoms with Gasteiger partial charge in [0, 0.05) is 5.54 Å². The molecule has 0 aromatic heterocycles. The van der Waals surface area contributed by atoms with E-state index in [-0.39, 0.29) is 11.3 Å². The number of benzene rings is 1. The Morgan fingerprint density at radius 1 is 1.32 bits per heavy atom. The van der Waals surface area contributed by atoms with Gasteiger partial charge >= 0.3 is 5.97 Å². The summed E-state index contributed by atoms with van der Waals surface area (Å²) in [6.07, 6.45) is 0. The lowest BCUT2D eigenvalue weighted by atomic mass is 10.1. The van der Waals surface area contributed by atoms with E-state index in [4.69, 9.17) is 5.11 Å². The maximum absolute atomic E-state index is 13.1. The molecule has 0 fully saturated rings. The maximum atomic E-state index is 13.1. The summed E-state index contributed by atoms with van der Waals surface area (Å²) in [5.41, 5.74) is -1.41. The van der Waals surface area contributed by atoms with Crippen LogP contribution in [0.5, 0.6) is 0 Å². The van der Waals surface area contributed by atoms with Crippen LogP contribution in [0.1, 0.15) is 31.1 Å². The average molecular weight is 290 g/mol. The lowest BCUT2D eigenvalue weighted by Crippen LogP contribution is -2.43. The first-order valence-corrected chi connectivity index (χ1v) is 6.83. The van der Waals surface area contributed by atoms with Crippen molar-refractivity contribution < 1.29 is 22.7 Å². The van der Waals surface area contributed by atoms with Crippen molar-refractivity contribution in [2.24, 2.45) is 0 Å². The monoisotopic (exact) mass is 290 g/mol. The number of anilines is 1. The number of aromatic carboxylic acids is 1. The Bertz CT molecular complexity index is 593. The second-order valence-electron chi connectivity index (χ2n) is 4.95. The van der Waals surface area contributed by atoms with Gasteiger partial charge in [-0.2, -0.15) is 13.1 Å². The standard InChI is InChI=1S/C11H15FN2O4S/c1-11(2,3)14-19(17,18)13-9-6-7(12)4-5-8(9)10(15)16/h4-6,13-14H,1-3H3,(H,15,16). The van der Waals surface area contributed by atoms with Crippen molar-refractivity contribution in [2.75, 3.05) is 4.72 Å². The topological polar surface area (TPSA) is 95.5 Å². The van der Waals surface area contributed by atoms with Crippen molar-refractivity contribution >= 4 is 21.9 Å². The van der Waals surface area contributed by atoms with Gasteiger partial charge in [-0.05, 0) is 39.0 Å². The zero-order chi connectivity index (χ0) is 14.8. The van der Waals surface area contributed by atoms with Gasteiger partial charge in [0.05, 0.1) is 11.3 Å². The Balaban J connectivity index is 3.12. The third-order valence-corrected chi connectivity index (χ3v) is 3.27. The number of hydrogen-bond donors (Lipinski definition) is 3. The van der Waals surface area contributed by atoms with Crippen molar-refractivity contribution in [1.29, 1.82) is 0 Å². The van der Waals surface area contributed by atoms with Crippen molar-refractivity contribution in [1.82, 2.24) is 4.72 Å². The van der Waals surface area contributed by atoms with Crippen LogP contribution >= 0.6 is 0 Å². The van der Waals surface area contributed by atoms with Crippen LogP contribution in [0, 0.1) is 5.82 Å². The molecule has 8 heteroatoms. The van der Waals surface area contributed by atoms with Gasteiger partial charge in [0.2, 0.25) is 0 Å². The fraction of sp³-hybridized carbons (Fsp3) is 0.364. The molecule has 1 rings (SSSR count). The summed E-state index contributed by atoms with van der Waals surface area (Å²) in [5, 5.41) is 8.91. The molecule has 0 spiro atoms. The molecule has 19 heavy (non-hydrogen) atoms. The van der Waals surface area contributed by atoms with Gasteiger partial charge in [0.15, 0.2) is 0 Å². The molecule has 0 saturated carbocycles. The van der Waals surface area contributed by atoms with Crippen LogP contribution in [0.25, 0.3) is 0 Å². The Morgan fingerprint density at radius 2 is 1.89 bits per heavy atom. The number of carboxylic acid groups (broad SMARTS) is 1. The second kappa shape index (κ2) is 5.14.